The van der Waals surface area contributed by atoms with E-state index >= 15 is 0 Å². The Morgan fingerprint density at radius 3 is 2.48 bits per heavy atom. The molecule has 2 rings (SSSR count). The van der Waals surface area contributed by atoms with E-state index in [-0.39, 0.29) is 12.4 Å². The van der Waals surface area contributed by atoms with Gasteiger partial charge in [-0.25, -0.2) is 0 Å². The van der Waals surface area contributed by atoms with Crippen molar-refractivity contribution in [1.82, 2.24) is 0 Å². The highest BCUT2D eigenvalue weighted by Crippen LogP contribution is 2.35. The molecule has 1 aliphatic rings. The molecule has 0 radical (unpaired) electrons. The Morgan fingerprint density at radius 1 is 1.29 bits per heavy atom. The fourth-order valence-corrected chi connectivity index (χ4v) is 2.46. The van der Waals surface area contributed by atoms with Crippen LogP contribution in [0.25, 0.3) is 0 Å². The molecule has 21 heavy (non-hydrogen) atoms. The number of hydrogen-bond donors (Lipinski definition) is 0. The molecule has 5 heteroatoms. The van der Waals surface area contributed by atoms with E-state index < -0.39 is 11.4 Å². The first-order chi connectivity index (χ1) is 10.1. The SMILES string of the molecule is CCOc1ccccc1OCCC1(C(C)=O)CCOC1=O. The average Bonchev–Trinajstić information content (AvgIpc) is 2.83. The molecule has 1 unspecified atom stereocenters. The van der Waals surface area contributed by atoms with Gasteiger partial charge in [-0.3, -0.25) is 9.59 Å². The Bertz CT molecular complexity index is 525. The van der Waals surface area contributed by atoms with Gasteiger partial charge in [0.25, 0.3) is 0 Å². The van der Waals surface area contributed by atoms with E-state index in [1.807, 2.05) is 25.1 Å². The Balaban J connectivity index is 2.00. The van der Waals surface area contributed by atoms with Crippen LogP contribution in [-0.2, 0) is 14.3 Å². The number of para-hydroxylation sites is 2. The lowest BCUT2D eigenvalue weighted by Gasteiger charge is -2.21. The smallest absolute Gasteiger partial charge is 0.319 e. The Kier molecular flexibility index (Phi) is 4.83. The number of benzene rings is 1. The molecule has 1 atom stereocenters. The predicted octanol–water partition coefficient (Wildman–Crippen LogP) is 2.38. The van der Waals surface area contributed by atoms with Crippen LogP contribution in [0.1, 0.15) is 26.7 Å². The van der Waals surface area contributed by atoms with E-state index in [2.05, 4.69) is 0 Å². The van der Waals surface area contributed by atoms with Gasteiger partial charge in [0.05, 0.1) is 19.8 Å². The summed E-state index contributed by atoms with van der Waals surface area (Å²) in [4.78, 5) is 23.6. The summed E-state index contributed by atoms with van der Waals surface area (Å²) in [6, 6.07) is 7.34. The largest absolute Gasteiger partial charge is 0.490 e. The molecule has 114 valence electrons. The van der Waals surface area contributed by atoms with E-state index in [1.165, 1.54) is 6.92 Å². The normalized spacial score (nSPS) is 21.0. The van der Waals surface area contributed by atoms with E-state index in [0.29, 0.717) is 37.6 Å². The highest BCUT2D eigenvalue weighted by Gasteiger charge is 2.48. The molecule has 1 heterocycles. The Hall–Kier alpha value is -2.04. The number of ketones is 1. The lowest BCUT2D eigenvalue weighted by Crippen LogP contribution is -2.35. The van der Waals surface area contributed by atoms with Crippen molar-refractivity contribution < 1.29 is 23.8 Å². The maximum atomic E-state index is 11.8. The third-order valence-corrected chi connectivity index (χ3v) is 3.76. The van der Waals surface area contributed by atoms with Crippen LogP contribution in [0.2, 0.25) is 0 Å². The fraction of sp³-hybridized carbons (Fsp3) is 0.500. The van der Waals surface area contributed by atoms with Gasteiger partial charge in [0.2, 0.25) is 0 Å². The standard InChI is InChI=1S/C16H20O5/c1-3-19-13-6-4-5-7-14(13)20-10-8-16(12(2)17)9-11-21-15(16)18/h4-7H,3,8-11H2,1-2H3. The zero-order valence-electron chi connectivity index (χ0n) is 12.4. The molecule has 0 bridgehead atoms. The topological polar surface area (TPSA) is 61.8 Å². The lowest BCUT2D eigenvalue weighted by molar-refractivity contribution is -0.151. The summed E-state index contributed by atoms with van der Waals surface area (Å²) in [7, 11) is 0. The van der Waals surface area contributed by atoms with E-state index in [0.717, 1.165) is 0 Å². The molecule has 0 spiro atoms. The molecule has 1 aromatic rings. The van der Waals surface area contributed by atoms with Crippen LogP contribution in [0, 0.1) is 5.41 Å². The first-order valence-electron chi connectivity index (χ1n) is 7.13. The number of ether oxygens (including phenoxy) is 3. The van der Waals surface area contributed by atoms with Gasteiger partial charge in [0.15, 0.2) is 11.5 Å². The third kappa shape index (κ3) is 3.17. The van der Waals surface area contributed by atoms with Crippen LogP contribution >= 0.6 is 0 Å². The summed E-state index contributed by atoms with van der Waals surface area (Å²) >= 11 is 0. The summed E-state index contributed by atoms with van der Waals surface area (Å²) in [5, 5.41) is 0. The minimum absolute atomic E-state index is 0.160. The number of Topliss-reactive ketones (excluding diaryl/α,β-unsaturated/α-hetero) is 1. The van der Waals surface area contributed by atoms with Gasteiger partial charge in [-0.15, -0.1) is 0 Å². The van der Waals surface area contributed by atoms with Crippen molar-refractivity contribution in [3.8, 4) is 11.5 Å². The molecule has 1 aromatic carbocycles. The molecule has 1 aliphatic heterocycles. The minimum atomic E-state index is -1.04. The van der Waals surface area contributed by atoms with Crippen molar-refractivity contribution in [2.24, 2.45) is 5.41 Å². The Morgan fingerprint density at radius 2 is 1.95 bits per heavy atom. The number of rotatable bonds is 7. The van der Waals surface area contributed by atoms with Gasteiger partial charge >= 0.3 is 5.97 Å². The average molecular weight is 292 g/mol. The molecule has 0 amide bonds. The number of cyclic esters (lactones) is 1. The molecule has 1 fully saturated rings. The molecule has 0 aliphatic carbocycles. The van der Waals surface area contributed by atoms with Crippen molar-refractivity contribution in [3.63, 3.8) is 0 Å². The van der Waals surface area contributed by atoms with Crippen molar-refractivity contribution in [2.75, 3.05) is 19.8 Å². The van der Waals surface area contributed by atoms with Crippen molar-refractivity contribution in [2.45, 2.75) is 26.7 Å². The van der Waals surface area contributed by atoms with E-state index in [4.69, 9.17) is 14.2 Å². The molecule has 5 nitrogen and oxygen atoms in total. The Labute approximate surface area is 124 Å². The van der Waals surface area contributed by atoms with Crippen LogP contribution in [0.5, 0.6) is 11.5 Å². The quantitative estimate of drug-likeness (QED) is 0.570. The minimum Gasteiger partial charge on any atom is -0.490 e. The highest BCUT2D eigenvalue weighted by atomic mass is 16.5. The predicted molar refractivity (Wildman–Crippen MR) is 76.4 cm³/mol. The zero-order chi connectivity index (χ0) is 15.3. The van der Waals surface area contributed by atoms with Gasteiger partial charge in [-0.2, -0.15) is 0 Å². The zero-order valence-corrected chi connectivity index (χ0v) is 12.4. The molecular weight excluding hydrogens is 272 g/mol. The fourth-order valence-electron chi connectivity index (χ4n) is 2.46. The van der Waals surface area contributed by atoms with E-state index in [1.54, 1.807) is 6.07 Å². The third-order valence-electron chi connectivity index (χ3n) is 3.76. The van der Waals surface area contributed by atoms with Crippen LogP contribution in [-0.4, -0.2) is 31.6 Å². The van der Waals surface area contributed by atoms with E-state index in [9.17, 15) is 9.59 Å². The molecular formula is C16H20O5. The number of carbonyl (C=O) groups excluding carboxylic acids is 2. The first kappa shape index (κ1) is 15.4. The second kappa shape index (κ2) is 6.61. The molecule has 0 aromatic heterocycles. The summed E-state index contributed by atoms with van der Waals surface area (Å²) in [5.74, 6) is 0.679. The number of hydrogen-bond acceptors (Lipinski definition) is 5. The van der Waals surface area contributed by atoms with Crippen molar-refractivity contribution in [3.05, 3.63) is 24.3 Å². The summed E-state index contributed by atoms with van der Waals surface area (Å²) in [5.41, 5.74) is -1.04. The maximum Gasteiger partial charge on any atom is 0.319 e. The summed E-state index contributed by atoms with van der Waals surface area (Å²) in [6.45, 7) is 4.44. The van der Waals surface area contributed by atoms with Gasteiger partial charge in [0, 0.05) is 12.8 Å². The van der Waals surface area contributed by atoms with Crippen molar-refractivity contribution in [1.29, 1.82) is 0 Å². The second-order valence-electron chi connectivity index (χ2n) is 5.00. The van der Waals surface area contributed by atoms with Gasteiger partial charge in [0.1, 0.15) is 11.2 Å². The molecule has 1 saturated heterocycles. The van der Waals surface area contributed by atoms with Crippen molar-refractivity contribution >= 4 is 11.8 Å². The van der Waals surface area contributed by atoms with Crippen LogP contribution < -0.4 is 9.47 Å². The van der Waals surface area contributed by atoms with Crippen LogP contribution in [0.3, 0.4) is 0 Å². The number of esters is 1. The maximum absolute atomic E-state index is 11.8. The van der Waals surface area contributed by atoms with Crippen LogP contribution in [0.4, 0.5) is 0 Å². The van der Waals surface area contributed by atoms with Crippen LogP contribution in [0.15, 0.2) is 24.3 Å². The first-order valence-corrected chi connectivity index (χ1v) is 7.13. The van der Waals surface area contributed by atoms with Gasteiger partial charge < -0.3 is 14.2 Å². The van der Waals surface area contributed by atoms with Gasteiger partial charge in [-0.05, 0) is 26.0 Å². The number of carbonyl (C=O) groups is 2. The molecule has 0 N–H and O–H groups in total. The molecule has 0 saturated carbocycles. The lowest BCUT2D eigenvalue weighted by atomic mass is 9.80. The van der Waals surface area contributed by atoms with Gasteiger partial charge in [-0.1, -0.05) is 12.1 Å². The highest BCUT2D eigenvalue weighted by molar-refractivity contribution is 6.03. The summed E-state index contributed by atoms with van der Waals surface area (Å²) < 4.78 is 16.1. The second-order valence-corrected chi connectivity index (χ2v) is 5.00. The summed E-state index contributed by atoms with van der Waals surface area (Å²) in [6.07, 6.45) is 0.749. The monoisotopic (exact) mass is 292 g/mol.